The van der Waals surface area contributed by atoms with Crippen molar-refractivity contribution in [3.63, 3.8) is 0 Å². The van der Waals surface area contributed by atoms with Crippen LogP contribution in [0.1, 0.15) is 26.3 Å². The van der Waals surface area contributed by atoms with Crippen molar-refractivity contribution in [1.82, 2.24) is 4.90 Å². The van der Waals surface area contributed by atoms with E-state index < -0.39 is 22.2 Å². The molecule has 6 nitrogen and oxygen atoms in total. The lowest BCUT2D eigenvalue weighted by molar-refractivity contribution is 0.149. The Morgan fingerprint density at radius 1 is 1.38 bits per heavy atom. The van der Waals surface area contributed by atoms with Gasteiger partial charge < -0.3 is 19.3 Å². The second kappa shape index (κ2) is 8.38. The number of hydrogen-bond donors (Lipinski definition) is 1. The molecular formula is C20H24Cl2N2O4S. The Labute approximate surface area is 183 Å². The largest absolute Gasteiger partial charge is 0.591 e. The molecule has 3 rings (SSSR count). The first-order valence-corrected chi connectivity index (χ1v) is 11.1. The highest BCUT2D eigenvalue weighted by Crippen LogP contribution is 2.54. The van der Waals surface area contributed by atoms with Gasteiger partial charge in [-0.15, -0.1) is 0 Å². The molecule has 1 saturated carbocycles. The number of piperidine rings is 1. The predicted octanol–water partition coefficient (Wildman–Crippen LogP) is 4.67. The molecule has 1 aromatic carbocycles. The number of nitrogens with zero attached hydrogens (tertiary/aromatic N) is 2. The van der Waals surface area contributed by atoms with E-state index in [1.165, 1.54) is 4.90 Å². The summed E-state index contributed by atoms with van der Waals surface area (Å²) < 4.78 is 22.7. The fourth-order valence-corrected chi connectivity index (χ4v) is 4.59. The molecule has 0 aromatic heterocycles. The van der Waals surface area contributed by atoms with E-state index in [4.69, 9.17) is 27.9 Å². The van der Waals surface area contributed by atoms with Crippen molar-refractivity contribution in [2.45, 2.75) is 25.5 Å². The number of rotatable bonds is 6. The van der Waals surface area contributed by atoms with E-state index in [0.29, 0.717) is 40.2 Å². The summed E-state index contributed by atoms with van der Waals surface area (Å²) in [6.07, 6.45) is 0.699. The zero-order chi connectivity index (χ0) is 21.5. The molecule has 0 radical (unpaired) electrons. The number of fused-ring (bicyclic) bond motifs is 1. The molecule has 29 heavy (non-hydrogen) atoms. The smallest absolute Gasteiger partial charge is 0.407 e. The summed E-state index contributed by atoms with van der Waals surface area (Å²) in [6, 6.07) is 3.31. The molecule has 4 atom stereocenters. The van der Waals surface area contributed by atoms with Crippen molar-refractivity contribution in [2.75, 3.05) is 19.7 Å². The van der Waals surface area contributed by atoms with Gasteiger partial charge in [0.1, 0.15) is 34.2 Å². The minimum Gasteiger partial charge on any atom is -0.591 e. The maximum atomic E-state index is 12.9. The minimum absolute atomic E-state index is 0.000207. The molecule has 158 valence electrons. The highest BCUT2D eigenvalue weighted by molar-refractivity contribution is 7.91. The fourth-order valence-electron chi connectivity index (χ4n) is 3.60. The van der Waals surface area contributed by atoms with E-state index >= 15 is 0 Å². The number of likely N-dealkylation sites (tertiary alicyclic amines) is 1. The fraction of sp³-hybridized carbons (Fsp3) is 0.500. The Morgan fingerprint density at radius 2 is 1.97 bits per heavy atom. The Bertz CT molecular complexity index is 844. The van der Waals surface area contributed by atoms with Crippen molar-refractivity contribution in [2.24, 2.45) is 22.2 Å². The third-order valence-corrected chi connectivity index (χ3v) is 7.27. The molecule has 1 heterocycles. The van der Waals surface area contributed by atoms with Crippen LogP contribution in [0.2, 0.25) is 10.0 Å². The van der Waals surface area contributed by atoms with Gasteiger partial charge in [-0.05, 0) is 38.7 Å². The van der Waals surface area contributed by atoms with Gasteiger partial charge in [0, 0.05) is 30.6 Å². The normalized spacial score (nSPS) is 24.8. The van der Waals surface area contributed by atoms with E-state index in [0.717, 1.165) is 0 Å². The van der Waals surface area contributed by atoms with Crippen LogP contribution < -0.4 is 4.74 Å². The van der Waals surface area contributed by atoms with Crippen LogP contribution in [0.25, 0.3) is 0 Å². The van der Waals surface area contributed by atoms with Crippen molar-refractivity contribution in [3.8, 4) is 5.75 Å². The highest BCUT2D eigenvalue weighted by Gasteiger charge is 2.60. The third-order valence-electron chi connectivity index (χ3n) is 5.14. The third kappa shape index (κ3) is 4.68. The highest BCUT2D eigenvalue weighted by atomic mass is 35.5. The molecule has 1 amide bonds. The number of carboxylic acid groups (broad SMARTS) is 1. The Balaban J connectivity index is 2.02. The summed E-state index contributed by atoms with van der Waals surface area (Å²) in [5.41, 5.74) is 1.27. The van der Waals surface area contributed by atoms with Crippen LogP contribution in [-0.4, -0.2) is 50.8 Å². The Hall–Kier alpha value is -1.41. The maximum absolute atomic E-state index is 12.9. The summed E-state index contributed by atoms with van der Waals surface area (Å²) in [4.78, 5) is 12.7. The van der Waals surface area contributed by atoms with Gasteiger partial charge >= 0.3 is 6.09 Å². The minimum atomic E-state index is -1.49. The van der Waals surface area contributed by atoms with Gasteiger partial charge in [-0.2, -0.15) is 0 Å². The van der Waals surface area contributed by atoms with Gasteiger partial charge in [-0.25, -0.2) is 4.79 Å². The topological polar surface area (TPSA) is 85.2 Å². The number of amides is 1. The van der Waals surface area contributed by atoms with Crippen molar-refractivity contribution >= 4 is 46.4 Å². The van der Waals surface area contributed by atoms with Gasteiger partial charge in [0.25, 0.3) is 0 Å². The van der Waals surface area contributed by atoms with Crippen LogP contribution in [0.4, 0.5) is 4.79 Å². The molecule has 2 unspecified atom stereocenters. The van der Waals surface area contributed by atoms with Gasteiger partial charge in [-0.1, -0.05) is 40.3 Å². The van der Waals surface area contributed by atoms with E-state index in [-0.39, 0.29) is 24.4 Å². The van der Waals surface area contributed by atoms with Crippen molar-refractivity contribution in [1.29, 1.82) is 0 Å². The summed E-state index contributed by atoms with van der Waals surface area (Å²) in [6.45, 7) is 10.4. The predicted molar refractivity (Wildman–Crippen MR) is 117 cm³/mol. The van der Waals surface area contributed by atoms with Crippen LogP contribution in [0, 0.1) is 17.8 Å². The maximum Gasteiger partial charge on any atom is 0.407 e. The second-order valence-electron chi connectivity index (χ2n) is 8.24. The van der Waals surface area contributed by atoms with Crippen LogP contribution in [0.3, 0.4) is 0 Å². The zero-order valence-electron chi connectivity index (χ0n) is 16.5. The first-order chi connectivity index (χ1) is 13.5. The van der Waals surface area contributed by atoms with Gasteiger partial charge in [0.15, 0.2) is 0 Å². The van der Waals surface area contributed by atoms with Gasteiger partial charge in [-0.3, -0.25) is 0 Å². The molecule has 1 saturated heterocycles. The summed E-state index contributed by atoms with van der Waals surface area (Å²) >= 11 is 11.0. The second-order valence-corrected chi connectivity index (χ2v) is 11.0. The molecule has 9 heteroatoms. The Kier molecular flexibility index (Phi) is 6.44. The molecule has 0 spiro atoms. The SMILES string of the molecule is C=CCOc1cc(Cl)c(Cl)cc1/C(=N/[S+]([O-])C(C)(C)C)C1[C@H]2CN(C(=O)O)C[C@@H]12. The molecule has 2 fully saturated rings. The molecule has 1 N–H and O–H groups in total. The van der Waals surface area contributed by atoms with Crippen molar-refractivity contribution in [3.05, 3.63) is 40.4 Å². The van der Waals surface area contributed by atoms with Crippen LogP contribution >= 0.6 is 23.2 Å². The molecule has 1 aliphatic heterocycles. The van der Waals surface area contributed by atoms with Crippen molar-refractivity contribution < 1.29 is 19.2 Å². The lowest BCUT2D eigenvalue weighted by Gasteiger charge is -2.22. The van der Waals surface area contributed by atoms with E-state index in [9.17, 15) is 14.5 Å². The molecule has 1 aromatic rings. The summed E-state index contributed by atoms with van der Waals surface area (Å²) in [5, 5.41) is 9.93. The lowest BCUT2D eigenvalue weighted by atomic mass is 10.0. The summed E-state index contributed by atoms with van der Waals surface area (Å²) in [7, 11) is 0. The first kappa shape index (κ1) is 22.3. The lowest BCUT2D eigenvalue weighted by Crippen LogP contribution is -2.32. The summed E-state index contributed by atoms with van der Waals surface area (Å²) in [5.74, 6) is 0.774. The number of ether oxygens (including phenoxy) is 1. The van der Waals surface area contributed by atoms with E-state index in [1.807, 2.05) is 20.8 Å². The zero-order valence-corrected chi connectivity index (χ0v) is 18.9. The average Bonchev–Trinajstić information content (AvgIpc) is 3.10. The van der Waals surface area contributed by atoms with Crippen LogP contribution in [-0.2, 0) is 11.4 Å². The number of halogens is 2. The Morgan fingerprint density at radius 3 is 2.48 bits per heavy atom. The van der Waals surface area contributed by atoms with Gasteiger partial charge in [0.2, 0.25) is 0 Å². The van der Waals surface area contributed by atoms with E-state index in [2.05, 4.69) is 11.0 Å². The van der Waals surface area contributed by atoms with Crippen LogP contribution in [0.5, 0.6) is 5.75 Å². The molecule has 2 aliphatic rings. The van der Waals surface area contributed by atoms with E-state index in [1.54, 1.807) is 18.2 Å². The number of hydrogen-bond acceptors (Lipinski definition) is 4. The quantitative estimate of drug-likeness (QED) is 0.381. The molecule has 0 bridgehead atoms. The monoisotopic (exact) mass is 458 g/mol. The molecular weight excluding hydrogens is 435 g/mol. The number of carbonyl (C=O) groups is 1. The molecule has 1 aliphatic carbocycles. The first-order valence-electron chi connectivity index (χ1n) is 9.26. The van der Waals surface area contributed by atoms with Gasteiger partial charge in [0.05, 0.1) is 10.0 Å². The standard InChI is InChI=1S/C20H24Cl2N2O4S/c1-5-6-28-16-8-15(22)14(21)7-11(16)18(23-29(27)20(2,3)4)17-12-9-24(19(25)26)10-13(12)17/h5,7-8,12-13,17H,1,6,9-10H2,2-4H3,(H,25,26)/b23-18-/t12-,13+,17?,29?. The average molecular weight is 459 g/mol. The van der Waals surface area contributed by atoms with Crippen LogP contribution in [0.15, 0.2) is 29.2 Å². The number of benzene rings is 1.